The molecule has 0 saturated carbocycles. The highest BCUT2D eigenvalue weighted by Crippen LogP contribution is 2.35. The van der Waals surface area contributed by atoms with Gasteiger partial charge in [0.15, 0.2) is 6.61 Å². The fraction of sp³-hybridized carbons (Fsp3) is 0.0909. The highest BCUT2D eigenvalue weighted by Gasteiger charge is 2.09. The minimum absolute atomic E-state index is 0.119. The summed E-state index contributed by atoms with van der Waals surface area (Å²) in [4.78, 5) is 11.8. The van der Waals surface area contributed by atoms with Gasteiger partial charge in [-0.3, -0.25) is 4.79 Å². The lowest BCUT2D eigenvalue weighted by Crippen LogP contribution is -2.24. The Balaban J connectivity index is 1.53. The molecule has 0 heterocycles. The summed E-state index contributed by atoms with van der Waals surface area (Å²) in [5, 5.41) is 4.65. The highest BCUT2D eigenvalue weighted by atomic mass is 79.9. The summed E-state index contributed by atoms with van der Waals surface area (Å²) in [6.45, 7) is 0.283. The normalized spacial score (nSPS) is 10.8. The van der Waals surface area contributed by atoms with Crippen LogP contribution in [-0.4, -0.2) is 18.7 Å². The first-order valence-electron chi connectivity index (χ1n) is 8.87. The molecular formula is C22H17Br2ClN2O3. The molecule has 0 aliphatic rings. The van der Waals surface area contributed by atoms with Crippen LogP contribution >= 0.6 is 43.5 Å². The lowest BCUT2D eigenvalue weighted by Gasteiger charge is -2.11. The van der Waals surface area contributed by atoms with Gasteiger partial charge >= 0.3 is 0 Å². The van der Waals surface area contributed by atoms with Gasteiger partial charge in [-0.25, -0.2) is 5.43 Å². The SMILES string of the molecule is O=C(COc1ccccc1)N/N=C\c1cc(Br)c(OCc2ccc(Cl)cc2)c(Br)c1. The van der Waals surface area contributed by atoms with Gasteiger partial charge in [0.2, 0.25) is 0 Å². The van der Waals surface area contributed by atoms with Crippen molar-refractivity contribution in [2.24, 2.45) is 5.10 Å². The fourth-order valence-corrected chi connectivity index (χ4v) is 3.98. The van der Waals surface area contributed by atoms with Crippen LogP contribution in [0.15, 0.2) is 80.8 Å². The van der Waals surface area contributed by atoms with Crippen molar-refractivity contribution in [2.45, 2.75) is 6.61 Å². The number of benzene rings is 3. The number of ether oxygens (including phenoxy) is 2. The van der Waals surface area contributed by atoms with E-state index in [-0.39, 0.29) is 12.5 Å². The number of nitrogens with zero attached hydrogens (tertiary/aromatic N) is 1. The molecule has 1 amide bonds. The van der Waals surface area contributed by atoms with E-state index >= 15 is 0 Å². The largest absolute Gasteiger partial charge is 0.487 e. The summed E-state index contributed by atoms with van der Waals surface area (Å²) in [5.74, 6) is 0.942. The van der Waals surface area contributed by atoms with Crippen LogP contribution in [0.2, 0.25) is 5.02 Å². The molecule has 0 atom stereocenters. The summed E-state index contributed by atoms with van der Waals surface area (Å²) < 4.78 is 12.8. The molecule has 3 aromatic rings. The molecule has 5 nitrogen and oxygen atoms in total. The summed E-state index contributed by atoms with van der Waals surface area (Å²) in [6, 6.07) is 20.3. The van der Waals surface area contributed by atoms with E-state index in [1.807, 2.05) is 54.6 Å². The van der Waals surface area contributed by atoms with Gasteiger partial charge in [0, 0.05) is 5.02 Å². The second kappa shape index (κ2) is 11.2. The van der Waals surface area contributed by atoms with Crippen LogP contribution in [0.5, 0.6) is 11.5 Å². The van der Waals surface area contributed by atoms with E-state index in [0.29, 0.717) is 23.1 Å². The van der Waals surface area contributed by atoms with Gasteiger partial charge in [0.1, 0.15) is 18.1 Å². The summed E-state index contributed by atoms with van der Waals surface area (Å²) in [5.41, 5.74) is 4.22. The van der Waals surface area contributed by atoms with Crippen molar-refractivity contribution in [1.82, 2.24) is 5.43 Å². The molecule has 154 valence electrons. The first-order chi connectivity index (χ1) is 14.5. The highest BCUT2D eigenvalue weighted by molar-refractivity contribution is 9.11. The van der Waals surface area contributed by atoms with E-state index < -0.39 is 0 Å². The number of hydrazone groups is 1. The van der Waals surface area contributed by atoms with E-state index in [4.69, 9.17) is 21.1 Å². The predicted molar refractivity (Wildman–Crippen MR) is 125 cm³/mol. The molecule has 0 saturated heterocycles. The average Bonchev–Trinajstić information content (AvgIpc) is 2.74. The Hall–Kier alpha value is -2.35. The number of hydrogen-bond donors (Lipinski definition) is 1. The van der Waals surface area contributed by atoms with E-state index in [2.05, 4.69) is 42.4 Å². The van der Waals surface area contributed by atoms with Crippen LogP contribution in [0.3, 0.4) is 0 Å². The van der Waals surface area contributed by atoms with Crippen molar-refractivity contribution >= 4 is 55.6 Å². The van der Waals surface area contributed by atoms with Gasteiger partial charge < -0.3 is 9.47 Å². The van der Waals surface area contributed by atoms with E-state index in [0.717, 1.165) is 20.1 Å². The predicted octanol–water partition coefficient (Wildman–Crippen LogP) is 5.97. The molecule has 0 unspecified atom stereocenters. The third-order valence-electron chi connectivity index (χ3n) is 3.83. The zero-order valence-corrected chi connectivity index (χ0v) is 19.6. The molecule has 0 spiro atoms. The molecule has 3 aromatic carbocycles. The number of para-hydroxylation sites is 1. The molecule has 3 rings (SSSR count). The first-order valence-corrected chi connectivity index (χ1v) is 10.8. The topological polar surface area (TPSA) is 59.9 Å². The Bertz CT molecular complexity index is 1010. The van der Waals surface area contributed by atoms with Gasteiger partial charge in [0.05, 0.1) is 15.2 Å². The quantitative estimate of drug-likeness (QED) is 0.277. The molecule has 8 heteroatoms. The number of nitrogens with one attached hydrogen (secondary N) is 1. The minimum Gasteiger partial charge on any atom is -0.487 e. The average molecular weight is 553 g/mol. The van der Waals surface area contributed by atoms with Gasteiger partial charge in [0.25, 0.3) is 5.91 Å². The number of amides is 1. The molecule has 0 radical (unpaired) electrons. The Morgan fingerprint density at radius 3 is 2.33 bits per heavy atom. The molecular weight excluding hydrogens is 536 g/mol. The van der Waals surface area contributed by atoms with Crippen molar-refractivity contribution < 1.29 is 14.3 Å². The van der Waals surface area contributed by atoms with Gasteiger partial charge in [-0.1, -0.05) is 41.9 Å². The number of carbonyl (C=O) groups is 1. The van der Waals surface area contributed by atoms with Crippen molar-refractivity contribution in [1.29, 1.82) is 0 Å². The Morgan fingerprint density at radius 2 is 1.67 bits per heavy atom. The van der Waals surface area contributed by atoms with E-state index in [1.54, 1.807) is 18.3 Å². The fourth-order valence-electron chi connectivity index (χ4n) is 2.40. The molecule has 0 aliphatic carbocycles. The van der Waals surface area contributed by atoms with E-state index in [9.17, 15) is 4.79 Å². The molecule has 0 aromatic heterocycles. The Kier molecular flexibility index (Phi) is 8.30. The number of rotatable bonds is 8. The van der Waals surface area contributed by atoms with Gasteiger partial charge in [-0.15, -0.1) is 0 Å². The van der Waals surface area contributed by atoms with Crippen molar-refractivity contribution in [3.05, 3.63) is 91.8 Å². The summed E-state index contributed by atoms with van der Waals surface area (Å²) in [7, 11) is 0. The smallest absolute Gasteiger partial charge is 0.277 e. The van der Waals surface area contributed by atoms with Crippen LogP contribution in [0.25, 0.3) is 0 Å². The molecule has 0 bridgehead atoms. The zero-order valence-electron chi connectivity index (χ0n) is 15.6. The molecule has 1 N–H and O–H groups in total. The third kappa shape index (κ3) is 6.86. The van der Waals surface area contributed by atoms with Crippen LogP contribution in [-0.2, 0) is 11.4 Å². The number of halogens is 3. The van der Waals surface area contributed by atoms with Crippen molar-refractivity contribution in [3.8, 4) is 11.5 Å². The summed E-state index contributed by atoms with van der Waals surface area (Å²) in [6.07, 6.45) is 1.54. The van der Waals surface area contributed by atoms with Crippen LogP contribution in [0.4, 0.5) is 0 Å². The van der Waals surface area contributed by atoms with Crippen LogP contribution in [0, 0.1) is 0 Å². The van der Waals surface area contributed by atoms with Crippen molar-refractivity contribution in [2.75, 3.05) is 6.61 Å². The van der Waals surface area contributed by atoms with E-state index in [1.165, 1.54) is 0 Å². The van der Waals surface area contributed by atoms with Crippen LogP contribution in [0.1, 0.15) is 11.1 Å². The van der Waals surface area contributed by atoms with Gasteiger partial charge in [-0.05, 0) is 79.4 Å². The third-order valence-corrected chi connectivity index (χ3v) is 5.26. The van der Waals surface area contributed by atoms with Crippen molar-refractivity contribution in [3.63, 3.8) is 0 Å². The number of carbonyl (C=O) groups excluding carboxylic acids is 1. The molecule has 0 fully saturated rings. The zero-order chi connectivity index (χ0) is 21.3. The summed E-state index contributed by atoms with van der Waals surface area (Å²) >= 11 is 12.9. The lowest BCUT2D eigenvalue weighted by molar-refractivity contribution is -0.123. The second-order valence-corrected chi connectivity index (χ2v) is 8.27. The molecule has 0 aliphatic heterocycles. The maximum Gasteiger partial charge on any atom is 0.277 e. The Labute approximate surface area is 196 Å². The first kappa shape index (κ1) is 22.3. The lowest BCUT2D eigenvalue weighted by atomic mass is 10.2. The maximum absolute atomic E-state index is 11.8. The minimum atomic E-state index is -0.351. The van der Waals surface area contributed by atoms with Crippen LogP contribution < -0.4 is 14.9 Å². The molecule has 30 heavy (non-hydrogen) atoms. The second-order valence-electron chi connectivity index (χ2n) is 6.12. The maximum atomic E-state index is 11.8. The monoisotopic (exact) mass is 550 g/mol. The number of hydrogen-bond acceptors (Lipinski definition) is 4. The standard InChI is InChI=1S/C22H17Br2ClN2O3/c23-19-10-16(12-26-27-21(28)14-29-18-4-2-1-3-5-18)11-20(24)22(19)30-13-15-6-8-17(25)9-7-15/h1-12H,13-14H2,(H,27,28)/b26-12-. The van der Waals surface area contributed by atoms with Gasteiger partial charge in [-0.2, -0.15) is 5.10 Å². The Morgan fingerprint density at radius 1 is 1.00 bits per heavy atom.